The van der Waals surface area contributed by atoms with E-state index in [0.717, 1.165) is 5.57 Å². The Hall–Kier alpha value is -2.75. The molecule has 0 radical (unpaired) electrons. The van der Waals surface area contributed by atoms with Crippen molar-refractivity contribution in [3.05, 3.63) is 23.3 Å². The number of rotatable bonds is 12. The van der Waals surface area contributed by atoms with Gasteiger partial charge in [0.05, 0.1) is 37.4 Å². The van der Waals surface area contributed by atoms with Gasteiger partial charge in [-0.05, 0) is 98.2 Å². The smallest absolute Gasteiger partial charge is 0.335 e. The van der Waals surface area contributed by atoms with E-state index < -0.39 is 181 Å². The average Bonchev–Trinajstić information content (AvgIpc) is 3.34. The topological polar surface area (TPSA) is 348 Å². The third-order valence-electron chi connectivity index (χ3n) is 20.5. The van der Waals surface area contributed by atoms with Crippen LogP contribution in [-0.2, 0) is 52.3 Å². The zero-order valence-electron chi connectivity index (χ0n) is 45.3. The second kappa shape index (κ2) is 21.3. The summed E-state index contributed by atoms with van der Waals surface area (Å²) in [4.78, 5) is 39.2. The van der Waals surface area contributed by atoms with Crippen molar-refractivity contribution >= 4 is 17.9 Å². The Morgan fingerprint density at radius 1 is 0.724 bits per heavy atom. The number of carbonyl (C=O) groups excluding carboxylic acids is 2. The first-order valence-electron chi connectivity index (χ1n) is 26.9. The third kappa shape index (κ3) is 9.42. The molecule has 22 nitrogen and oxygen atoms in total. The van der Waals surface area contributed by atoms with Crippen molar-refractivity contribution in [1.29, 1.82) is 0 Å². The fourth-order valence-electron chi connectivity index (χ4n) is 15.9. The largest absolute Gasteiger partial charge is 0.479 e. The van der Waals surface area contributed by atoms with Gasteiger partial charge in [-0.2, -0.15) is 0 Å². The van der Waals surface area contributed by atoms with E-state index in [4.69, 9.17) is 37.9 Å². The number of carboxylic acids is 1. The molecule has 0 aromatic carbocycles. The van der Waals surface area contributed by atoms with Crippen molar-refractivity contribution in [2.24, 2.45) is 50.2 Å². The fourth-order valence-corrected chi connectivity index (χ4v) is 15.9. The maximum absolute atomic E-state index is 13.4. The van der Waals surface area contributed by atoms with Crippen molar-refractivity contribution in [2.45, 2.75) is 225 Å². The van der Waals surface area contributed by atoms with Gasteiger partial charge in [-0.1, -0.05) is 66.2 Å². The molecule has 0 spiro atoms. The molecule has 76 heavy (non-hydrogen) atoms. The first-order chi connectivity index (χ1) is 35.4. The van der Waals surface area contributed by atoms with Gasteiger partial charge in [-0.25, -0.2) is 9.59 Å². The lowest BCUT2D eigenvalue weighted by molar-refractivity contribution is -0.392. The Morgan fingerprint density at radius 3 is 2.00 bits per heavy atom. The van der Waals surface area contributed by atoms with Crippen LogP contribution in [0.15, 0.2) is 23.3 Å². The molecule has 0 aromatic rings. The van der Waals surface area contributed by atoms with Crippen LogP contribution in [0.4, 0.5) is 0 Å². The van der Waals surface area contributed by atoms with Gasteiger partial charge < -0.3 is 94.1 Å². The number of aliphatic hydroxyl groups is 10. The van der Waals surface area contributed by atoms with Crippen LogP contribution >= 0.6 is 0 Å². The monoisotopic (exact) mass is 1080 g/mol. The highest BCUT2D eigenvalue weighted by Crippen LogP contribution is 2.76. The van der Waals surface area contributed by atoms with E-state index >= 15 is 0 Å². The van der Waals surface area contributed by atoms with Crippen molar-refractivity contribution in [3.63, 3.8) is 0 Å². The molecule has 0 unspecified atom stereocenters. The van der Waals surface area contributed by atoms with Gasteiger partial charge in [0.2, 0.25) is 0 Å². The molecule has 3 aliphatic heterocycles. The molecule has 3 heterocycles. The summed E-state index contributed by atoms with van der Waals surface area (Å²) in [7, 11) is 0. The maximum atomic E-state index is 13.4. The van der Waals surface area contributed by atoms with Gasteiger partial charge in [0.1, 0.15) is 73.2 Å². The summed E-state index contributed by atoms with van der Waals surface area (Å²) in [6.45, 7) is 17.6. The summed E-state index contributed by atoms with van der Waals surface area (Å²) in [6, 6.07) is 0. The Morgan fingerprint density at radius 2 is 1.38 bits per heavy atom. The van der Waals surface area contributed by atoms with E-state index in [1.165, 1.54) is 6.92 Å². The molecule has 4 saturated carbocycles. The Labute approximate surface area is 443 Å². The molecule has 25 atom stereocenters. The zero-order valence-corrected chi connectivity index (χ0v) is 45.3. The van der Waals surface area contributed by atoms with Crippen LogP contribution < -0.4 is 0 Å². The van der Waals surface area contributed by atoms with Crippen LogP contribution in [0.25, 0.3) is 0 Å². The summed E-state index contributed by atoms with van der Waals surface area (Å²) in [5.41, 5.74) is -2.88. The van der Waals surface area contributed by atoms with Crippen LogP contribution in [0.5, 0.6) is 0 Å². The number of carbonyl (C=O) groups is 3. The first-order valence-corrected chi connectivity index (χ1v) is 26.9. The fraction of sp³-hybridized carbons (Fsp3) is 0.870. The molecule has 5 aliphatic carbocycles. The summed E-state index contributed by atoms with van der Waals surface area (Å²) >= 11 is 0. The summed E-state index contributed by atoms with van der Waals surface area (Å²) in [6.07, 6.45) is -22.0. The Kier molecular flexibility index (Phi) is 16.6. The predicted octanol–water partition coefficient (Wildman–Crippen LogP) is 0.346. The number of aliphatic carboxylic acids is 1. The molecule has 8 rings (SSSR count). The van der Waals surface area contributed by atoms with Gasteiger partial charge in [0.25, 0.3) is 0 Å². The van der Waals surface area contributed by atoms with Crippen molar-refractivity contribution in [3.8, 4) is 0 Å². The molecule has 3 saturated heterocycles. The maximum Gasteiger partial charge on any atom is 0.335 e. The van der Waals surface area contributed by atoms with E-state index in [-0.39, 0.29) is 23.7 Å². The molecule has 0 amide bonds. The number of hydrogen-bond acceptors (Lipinski definition) is 21. The second-order valence-corrected chi connectivity index (χ2v) is 25.2. The van der Waals surface area contributed by atoms with Gasteiger partial charge in [0.15, 0.2) is 25.0 Å². The molecule has 8 aliphatic rings. The molecule has 7 fully saturated rings. The van der Waals surface area contributed by atoms with E-state index in [0.29, 0.717) is 44.1 Å². The number of carboxylic acid groups (broad SMARTS) is 1. The molecule has 11 N–H and O–H groups in total. The molecular formula is C54H84O22. The summed E-state index contributed by atoms with van der Waals surface area (Å²) in [5.74, 6) is -3.33. The SMILES string of the molecule is C/C=C(/C)C(=O)O[C@H]1[C@H](OC(C)=O)[C@]2(CO)[C@H](O)C[C@]3(C)C(=CC[C@@H]4[C@@]5(C)CC[C@H](O[C@@H]6O[C@H](C(=O)O)[C@@H](O)[C@H](O[C@@H]7OC[C@@H](O)[C@H](O)[C@H]7O)[C@H]6O[C@@H]6O[C@H](CO)[C@@H](O)[C@H](O)[C@H]6O)C(C)(C)[C@@H]5CC[C@]43C)[C@@H]2CC1(C)C. The van der Waals surface area contributed by atoms with E-state index in [9.17, 15) is 70.6 Å². The highest BCUT2D eigenvalue weighted by molar-refractivity contribution is 5.87. The highest BCUT2D eigenvalue weighted by atomic mass is 16.8. The molecular weight excluding hydrogens is 1000 g/mol. The van der Waals surface area contributed by atoms with Gasteiger partial charge in [-0.3, -0.25) is 4.79 Å². The van der Waals surface area contributed by atoms with E-state index in [2.05, 4.69) is 40.7 Å². The van der Waals surface area contributed by atoms with Crippen LogP contribution in [-0.4, -0.2) is 204 Å². The van der Waals surface area contributed by atoms with Crippen LogP contribution in [0.3, 0.4) is 0 Å². The average molecular weight is 1090 g/mol. The van der Waals surface area contributed by atoms with Crippen molar-refractivity contribution < 1.29 is 108 Å². The lowest BCUT2D eigenvalue weighted by Gasteiger charge is -2.72. The quantitative estimate of drug-likeness (QED) is 0.0543. The minimum Gasteiger partial charge on any atom is -0.479 e. The van der Waals surface area contributed by atoms with E-state index in [1.54, 1.807) is 19.9 Å². The minimum atomic E-state index is -2.10. The number of hydrogen-bond donors (Lipinski definition) is 11. The summed E-state index contributed by atoms with van der Waals surface area (Å²) < 4.78 is 48.7. The van der Waals surface area contributed by atoms with Crippen molar-refractivity contribution in [1.82, 2.24) is 0 Å². The van der Waals surface area contributed by atoms with Gasteiger partial charge in [-0.15, -0.1) is 0 Å². The Balaban J connectivity index is 1.11. The molecule has 0 bridgehead atoms. The number of esters is 2. The lowest BCUT2D eigenvalue weighted by Crippen LogP contribution is -2.72. The second-order valence-electron chi connectivity index (χ2n) is 25.2. The van der Waals surface area contributed by atoms with Gasteiger partial charge in [0, 0.05) is 17.9 Å². The van der Waals surface area contributed by atoms with Crippen LogP contribution in [0.1, 0.15) is 114 Å². The number of fused-ring (bicyclic) bond motifs is 7. The first kappa shape index (κ1) is 59.4. The number of aliphatic hydroxyl groups excluding tert-OH is 10. The standard InChI is InChI=1S/C54H84O22/c1-11-23(2)45(68)76-42-43(70-24(3)57)54(22-56)26(18-49(42,4)5)25-12-13-30-51(8)16-15-32(50(6,7)29(51)14-17-52(30,9)53(25,10)19-31(54)59)72-48-41(75-47-37(64)35(62)34(61)28(20-55)71-47)39(38(65)40(74-48)44(66)67)73-46-36(63)33(60)27(58)21-69-46/h11-12,26-43,46-48,55-56,58-65H,13-22H2,1-10H3,(H,66,67)/b23-11-/t26-,27+,28+,29-,30+,31+,32-,33-,34+,35-,36+,37+,38-,39-,40-,41+,42-,43-,46-,47-,48+,51-,52+,53+,54-/m0/s1. The normalized spacial score (nSPS) is 49.9. The number of ether oxygens (including phenoxy) is 8. The lowest BCUT2D eigenvalue weighted by atomic mass is 9.33. The molecule has 432 valence electrons. The van der Waals surface area contributed by atoms with Gasteiger partial charge >= 0.3 is 17.9 Å². The molecule has 0 aromatic heterocycles. The highest BCUT2D eigenvalue weighted by Gasteiger charge is 2.74. The van der Waals surface area contributed by atoms with E-state index in [1.807, 2.05) is 13.8 Å². The Bertz CT molecular complexity index is 2220. The van der Waals surface area contributed by atoms with Crippen molar-refractivity contribution in [2.75, 3.05) is 19.8 Å². The summed E-state index contributed by atoms with van der Waals surface area (Å²) in [5, 5.41) is 121. The minimum absolute atomic E-state index is 0.0354. The third-order valence-corrected chi connectivity index (χ3v) is 20.5. The predicted molar refractivity (Wildman–Crippen MR) is 262 cm³/mol. The molecule has 22 heteroatoms. The zero-order chi connectivity index (χ0) is 56.2. The van der Waals surface area contributed by atoms with Crippen LogP contribution in [0.2, 0.25) is 0 Å². The van der Waals surface area contributed by atoms with Crippen LogP contribution in [0, 0.1) is 50.2 Å². The number of allylic oxidation sites excluding steroid dienone is 3.